The van der Waals surface area contributed by atoms with Gasteiger partial charge in [-0.25, -0.2) is 19.8 Å². The third kappa shape index (κ3) is 4.29. The van der Waals surface area contributed by atoms with Crippen molar-refractivity contribution < 1.29 is 19.4 Å². The van der Waals surface area contributed by atoms with Crippen molar-refractivity contribution in [2.24, 2.45) is 18.0 Å². The summed E-state index contributed by atoms with van der Waals surface area (Å²) in [5, 5.41) is 17.7. The fourth-order valence-electron chi connectivity index (χ4n) is 4.67. The number of aliphatic carboxylic acids is 1. The number of anilines is 2. The third-order valence-corrected chi connectivity index (χ3v) is 6.82. The van der Waals surface area contributed by atoms with Crippen LogP contribution in [0, 0.1) is 12.8 Å². The van der Waals surface area contributed by atoms with Gasteiger partial charge in [-0.15, -0.1) is 0 Å². The maximum atomic E-state index is 12.8. The molecule has 4 aromatic heterocycles. The Kier molecular flexibility index (Phi) is 5.51. The number of amides is 1. The van der Waals surface area contributed by atoms with E-state index in [1.807, 2.05) is 26.2 Å². The molecule has 1 aliphatic heterocycles. The van der Waals surface area contributed by atoms with Crippen LogP contribution in [0.1, 0.15) is 29.2 Å². The SMILES string of the molecule is Cc1cc(C2=N[C@H](C(=O)O)CO2)ncc1-c1cc2cc(NC(=O)C3CC3c3cnn(C)c3)ncc2c(N)n1. The van der Waals surface area contributed by atoms with E-state index in [9.17, 15) is 9.59 Å². The van der Waals surface area contributed by atoms with Crippen molar-refractivity contribution in [1.82, 2.24) is 24.7 Å². The zero-order valence-electron chi connectivity index (χ0n) is 20.6. The van der Waals surface area contributed by atoms with Gasteiger partial charge in [0.05, 0.1) is 11.9 Å². The second-order valence-electron chi connectivity index (χ2n) is 9.55. The van der Waals surface area contributed by atoms with Crippen LogP contribution in [0.4, 0.5) is 11.6 Å². The minimum atomic E-state index is -1.04. The van der Waals surface area contributed by atoms with Crippen LogP contribution in [0.2, 0.25) is 0 Å². The van der Waals surface area contributed by atoms with Gasteiger partial charge in [0.25, 0.3) is 0 Å². The van der Waals surface area contributed by atoms with Gasteiger partial charge in [-0.3, -0.25) is 14.5 Å². The van der Waals surface area contributed by atoms with E-state index in [1.165, 1.54) is 0 Å². The number of carboxylic acid groups (broad SMARTS) is 1. The average molecular weight is 513 g/mol. The Bertz CT molecular complexity index is 1650. The second-order valence-corrected chi connectivity index (χ2v) is 9.55. The summed E-state index contributed by atoms with van der Waals surface area (Å²) >= 11 is 0. The summed E-state index contributed by atoms with van der Waals surface area (Å²) in [5.41, 5.74) is 9.94. The number of carbonyl (C=O) groups is 2. The van der Waals surface area contributed by atoms with Gasteiger partial charge in [0, 0.05) is 42.5 Å². The van der Waals surface area contributed by atoms with E-state index < -0.39 is 12.0 Å². The smallest absolute Gasteiger partial charge is 0.332 e. The molecule has 1 fully saturated rings. The fraction of sp³-hybridized carbons (Fsp3) is 0.269. The highest BCUT2D eigenvalue weighted by atomic mass is 16.5. The van der Waals surface area contributed by atoms with E-state index in [2.05, 4.69) is 30.4 Å². The van der Waals surface area contributed by atoms with Gasteiger partial charge in [0.1, 0.15) is 23.9 Å². The molecule has 1 aliphatic carbocycles. The molecular formula is C26H24N8O4. The lowest BCUT2D eigenvalue weighted by Gasteiger charge is -2.11. The number of nitrogens with zero attached hydrogens (tertiary/aromatic N) is 6. The number of carbonyl (C=O) groups excluding carboxylic acids is 1. The Hall–Kier alpha value is -4.87. The summed E-state index contributed by atoms with van der Waals surface area (Å²) in [6.45, 7) is 1.87. The van der Waals surface area contributed by atoms with Crippen LogP contribution in [0.15, 0.2) is 48.0 Å². The van der Waals surface area contributed by atoms with E-state index in [0.29, 0.717) is 28.4 Å². The Morgan fingerprint density at radius 1 is 1.16 bits per heavy atom. The molecule has 38 heavy (non-hydrogen) atoms. The zero-order valence-corrected chi connectivity index (χ0v) is 20.6. The lowest BCUT2D eigenvalue weighted by molar-refractivity contribution is -0.138. The molecule has 192 valence electrons. The topological polar surface area (TPSA) is 170 Å². The van der Waals surface area contributed by atoms with E-state index in [-0.39, 0.29) is 30.2 Å². The Balaban J connectivity index is 1.24. The van der Waals surface area contributed by atoms with Gasteiger partial charge in [-0.2, -0.15) is 5.10 Å². The first kappa shape index (κ1) is 23.5. The van der Waals surface area contributed by atoms with Crippen molar-refractivity contribution in [3.63, 3.8) is 0 Å². The van der Waals surface area contributed by atoms with Crippen LogP contribution in [-0.4, -0.2) is 60.3 Å². The number of carboxylic acids is 1. The van der Waals surface area contributed by atoms with Gasteiger partial charge in [-0.05, 0) is 54.0 Å². The van der Waals surface area contributed by atoms with E-state index in [4.69, 9.17) is 15.6 Å². The molecule has 3 atom stereocenters. The number of nitrogens with two attached hydrogens (primary N) is 1. The Morgan fingerprint density at radius 3 is 2.71 bits per heavy atom. The molecule has 12 nitrogen and oxygen atoms in total. The number of aliphatic imine (C=N–C) groups is 1. The highest BCUT2D eigenvalue weighted by Crippen LogP contribution is 2.47. The van der Waals surface area contributed by atoms with Crippen molar-refractivity contribution in [2.45, 2.75) is 25.3 Å². The number of aryl methyl sites for hydroxylation is 2. The predicted octanol–water partition coefficient (Wildman–Crippen LogP) is 2.29. The molecule has 0 aromatic carbocycles. The normalized spacial score (nSPS) is 20.2. The number of hydrogen-bond donors (Lipinski definition) is 3. The molecular weight excluding hydrogens is 488 g/mol. The summed E-state index contributed by atoms with van der Waals surface area (Å²) in [6.07, 6.45) is 7.75. The highest BCUT2D eigenvalue weighted by Gasteiger charge is 2.44. The number of aromatic nitrogens is 5. The largest absolute Gasteiger partial charge is 0.480 e. The summed E-state index contributed by atoms with van der Waals surface area (Å²) in [5.74, 6) is -0.120. The minimum Gasteiger partial charge on any atom is -0.480 e. The monoisotopic (exact) mass is 512 g/mol. The van der Waals surface area contributed by atoms with Gasteiger partial charge in [0.15, 0.2) is 6.04 Å². The molecule has 1 amide bonds. The Labute approximate surface area is 216 Å². The van der Waals surface area contributed by atoms with Crippen LogP contribution >= 0.6 is 0 Å². The molecule has 0 radical (unpaired) electrons. The maximum Gasteiger partial charge on any atom is 0.332 e. The second kappa shape index (κ2) is 8.91. The van der Waals surface area contributed by atoms with E-state index in [1.54, 1.807) is 35.4 Å². The first-order valence-corrected chi connectivity index (χ1v) is 12.0. The number of rotatable bonds is 6. The summed E-state index contributed by atoms with van der Waals surface area (Å²) in [6, 6.07) is 4.48. The van der Waals surface area contributed by atoms with Crippen LogP contribution in [0.25, 0.3) is 22.0 Å². The molecule has 2 aliphatic rings. The molecule has 6 rings (SSSR count). The van der Waals surface area contributed by atoms with Crippen LogP contribution in [0.3, 0.4) is 0 Å². The lowest BCUT2D eigenvalue weighted by atomic mass is 10.0. The van der Waals surface area contributed by atoms with Crippen LogP contribution < -0.4 is 11.1 Å². The molecule has 2 unspecified atom stereocenters. The quantitative estimate of drug-likeness (QED) is 0.351. The number of nitrogen functional groups attached to an aromatic ring is 1. The van der Waals surface area contributed by atoms with Gasteiger partial charge < -0.3 is 20.9 Å². The number of fused-ring (bicyclic) bond motifs is 1. The third-order valence-electron chi connectivity index (χ3n) is 6.82. The zero-order chi connectivity index (χ0) is 26.6. The van der Waals surface area contributed by atoms with E-state index in [0.717, 1.165) is 28.5 Å². The molecule has 1 saturated carbocycles. The number of ether oxygens (including phenoxy) is 1. The molecule has 4 aromatic rings. The molecule has 5 heterocycles. The molecule has 0 bridgehead atoms. The van der Waals surface area contributed by atoms with Crippen molar-refractivity contribution in [1.29, 1.82) is 0 Å². The molecule has 0 saturated heterocycles. The molecule has 0 spiro atoms. The predicted molar refractivity (Wildman–Crippen MR) is 139 cm³/mol. The van der Waals surface area contributed by atoms with Gasteiger partial charge in [-0.1, -0.05) is 0 Å². The van der Waals surface area contributed by atoms with Crippen molar-refractivity contribution >= 4 is 40.2 Å². The standard InChI is InChI=1S/C26H24N8O4/c1-12-3-20(25-32-21(11-38-25)26(36)37)28-8-17(12)19-4-13-5-22(29-9-18(13)23(27)31-19)33-24(35)16-6-15(16)14-7-30-34(2)10-14/h3-5,7-10,15-16,21H,6,11H2,1-2H3,(H2,27,31)(H,36,37)(H,29,33,35)/t15?,16?,21-/m0/s1. The summed E-state index contributed by atoms with van der Waals surface area (Å²) in [7, 11) is 1.86. The van der Waals surface area contributed by atoms with E-state index >= 15 is 0 Å². The summed E-state index contributed by atoms with van der Waals surface area (Å²) in [4.78, 5) is 41.4. The van der Waals surface area contributed by atoms with Crippen molar-refractivity contribution in [2.75, 3.05) is 17.7 Å². The van der Waals surface area contributed by atoms with Gasteiger partial charge in [0.2, 0.25) is 11.8 Å². The molecule has 4 N–H and O–H groups in total. The molecule has 12 heteroatoms. The Morgan fingerprint density at radius 2 is 2.00 bits per heavy atom. The average Bonchev–Trinajstić information content (AvgIpc) is 3.30. The van der Waals surface area contributed by atoms with Crippen LogP contribution in [-0.2, 0) is 21.4 Å². The highest BCUT2D eigenvalue weighted by molar-refractivity contribution is 5.99. The number of nitrogens with one attached hydrogen (secondary N) is 1. The van der Waals surface area contributed by atoms with Gasteiger partial charge >= 0.3 is 5.97 Å². The number of pyridine rings is 3. The first-order valence-electron chi connectivity index (χ1n) is 12.0. The number of hydrogen-bond acceptors (Lipinski definition) is 9. The van der Waals surface area contributed by atoms with Crippen LogP contribution in [0.5, 0.6) is 0 Å². The fourth-order valence-corrected chi connectivity index (χ4v) is 4.67. The van der Waals surface area contributed by atoms with Crippen molar-refractivity contribution in [3.8, 4) is 11.3 Å². The van der Waals surface area contributed by atoms with Crippen molar-refractivity contribution in [3.05, 3.63) is 59.8 Å². The minimum absolute atomic E-state index is 0.0202. The maximum absolute atomic E-state index is 12.8. The first-order chi connectivity index (χ1) is 18.3. The summed E-state index contributed by atoms with van der Waals surface area (Å²) < 4.78 is 7.15. The lowest BCUT2D eigenvalue weighted by Crippen LogP contribution is -2.18.